The Morgan fingerprint density at radius 3 is 2.94 bits per heavy atom. The highest BCUT2D eigenvalue weighted by molar-refractivity contribution is 4.73. The lowest BCUT2D eigenvalue weighted by Gasteiger charge is -2.32. The van der Waals surface area contributed by atoms with Crippen LogP contribution in [-0.2, 0) is 4.74 Å². The number of nitrogens with zero attached hydrogens (tertiary/aromatic N) is 1. The largest absolute Gasteiger partial charge is 0.377 e. The first kappa shape index (κ1) is 14.9. The Balaban J connectivity index is 2.03. The number of unbranched alkanes of at least 4 members (excludes halogenated alkanes) is 2. The monoisotopic (exact) mass is 242 g/mol. The second-order valence-corrected chi connectivity index (χ2v) is 5.10. The van der Waals surface area contributed by atoms with Gasteiger partial charge in [-0.2, -0.15) is 0 Å². The summed E-state index contributed by atoms with van der Waals surface area (Å²) in [5.41, 5.74) is 0. The molecule has 1 unspecified atom stereocenters. The predicted molar refractivity (Wildman–Crippen MR) is 73.5 cm³/mol. The third-order valence-electron chi connectivity index (χ3n) is 3.42. The number of rotatable bonds is 9. The first-order valence-electron chi connectivity index (χ1n) is 7.35. The fourth-order valence-electron chi connectivity index (χ4n) is 2.45. The maximum Gasteiger partial charge on any atom is 0.0702 e. The molecule has 1 rings (SSSR count). The standard InChI is InChI=1S/C14H30N2O/c1-3-12-17-14-8-7-11-16(13-14)10-6-4-5-9-15-2/h14-15H,3-13H2,1-2H3. The number of hydrogen-bond acceptors (Lipinski definition) is 3. The maximum atomic E-state index is 5.86. The molecule has 0 spiro atoms. The van der Waals surface area contributed by atoms with Crippen molar-refractivity contribution >= 4 is 0 Å². The molecule has 1 N–H and O–H groups in total. The molecule has 1 fully saturated rings. The molecule has 1 atom stereocenters. The van der Waals surface area contributed by atoms with E-state index in [1.54, 1.807) is 0 Å². The van der Waals surface area contributed by atoms with Crippen LogP contribution in [0.3, 0.4) is 0 Å². The zero-order valence-electron chi connectivity index (χ0n) is 11.7. The van der Waals surface area contributed by atoms with E-state index in [1.807, 2.05) is 7.05 Å². The number of piperidine rings is 1. The number of likely N-dealkylation sites (tertiary alicyclic amines) is 1. The van der Waals surface area contributed by atoms with E-state index in [2.05, 4.69) is 17.1 Å². The van der Waals surface area contributed by atoms with Gasteiger partial charge in [-0.25, -0.2) is 0 Å². The van der Waals surface area contributed by atoms with E-state index in [9.17, 15) is 0 Å². The van der Waals surface area contributed by atoms with Gasteiger partial charge >= 0.3 is 0 Å². The summed E-state index contributed by atoms with van der Waals surface area (Å²) in [5, 5.41) is 3.20. The average molecular weight is 242 g/mol. The van der Waals surface area contributed by atoms with Crippen molar-refractivity contribution in [2.75, 3.05) is 39.8 Å². The van der Waals surface area contributed by atoms with Crippen LogP contribution in [0.4, 0.5) is 0 Å². The minimum absolute atomic E-state index is 0.501. The lowest BCUT2D eigenvalue weighted by atomic mass is 10.1. The molecule has 102 valence electrons. The second kappa shape index (κ2) is 9.86. The van der Waals surface area contributed by atoms with Crippen molar-refractivity contribution < 1.29 is 4.74 Å². The van der Waals surface area contributed by atoms with Gasteiger partial charge in [0.1, 0.15) is 0 Å². The topological polar surface area (TPSA) is 24.5 Å². The van der Waals surface area contributed by atoms with Gasteiger partial charge < -0.3 is 15.0 Å². The molecular formula is C14H30N2O. The Morgan fingerprint density at radius 1 is 1.29 bits per heavy atom. The van der Waals surface area contributed by atoms with Gasteiger partial charge in [-0.05, 0) is 58.8 Å². The Labute approximate surface area is 107 Å². The van der Waals surface area contributed by atoms with Gasteiger partial charge in [0.15, 0.2) is 0 Å². The summed E-state index contributed by atoms with van der Waals surface area (Å²) in [5.74, 6) is 0. The fourth-order valence-corrected chi connectivity index (χ4v) is 2.45. The van der Waals surface area contributed by atoms with Crippen molar-refractivity contribution in [1.29, 1.82) is 0 Å². The van der Waals surface area contributed by atoms with Crippen molar-refractivity contribution in [3.05, 3.63) is 0 Å². The zero-order valence-corrected chi connectivity index (χ0v) is 11.7. The van der Waals surface area contributed by atoms with E-state index in [4.69, 9.17) is 4.74 Å². The molecular weight excluding hydrogens is 212 g/mol. The minimum atomic E-state index is 0.501. The average Bonchev–Trinajstić information content (AvgIpc) is 2.37. The van der Waals surface area contributed by atoms with E-state index in [0.717, 1.165) is 26.1 Å². The van der Waals surface area contributed by atoms with Gasteiger partial charge in [-0.1, -0.05) is 13.3 Å². The summed E-state index contributed by atoms with van der Waals surface area (Å²) in [4.78, 5) is 2.59. The molecule has 0 radical (unpaired) electrons. The number of hydrogen-bond donors (Lipinski definition) is 1. The molecule has 0 bridgehead atoms. The number of ether oxygens (including phenoxy) is 1. The van der Waals surface area contributed by atoms with Gasteiger partial charge in [0, 0.05) is 13.2 Å². The molecule has 0 aromatic rings. The first-order valence-corrected chi connectivity index (χ1v) is 7.35. The summed E-state index contributed by atoms with van der Waals surface area (Å²) in [6.45, 7) is 7.96. The Hall–Kier alpha value is -0.120. The van der Waals surface area contributed by atoms with Crippen molar-refractivity contribution in [2.24, 2.45) is 0 Å². The summed E-state index contributed by atoms with van der Waals surface area (Å²) in [6.07, 6.45) is 8.20. The second-order valence-electron chi connectivity index (χ2n) is 5.10. The lowest BCUT2D eigenvalue weighted by molar-refractivity contribution is -0.000350. The molecule has 0 aromatic heterocycles. The Kier molecular flexibility index (Phi) is 8.67. The Bertz CT molecular complexity index is 176. The molecule has 0 aromatic carbocycles. The van der Waals surface area contributed by atoms with Crippen molar-refractivity contribution in [3.8, 4) is 0 Å². The van der Waals surface area contributed by atoms with Crippen LogP contribution in [0.25, 0.3) is 0 Å². The maximum absolute atomic E-state index is 5.86. The summed E-state index contributed by atoms with van der Waals surface area (Å²) in [7, 11) is 2.03. The van der Waals surface area contributed by atoms with Crippen molar-refractivity contribution in [2.45, 2.75) is 51.6 Å². The predicted octanol–water partition coefficient (Wildman–Crippen LogP) is 2.27. The van der Waals surface area contributed by atoms with Gasteiger partial charge in [0.2, 0.25) is 0 Å². The van der Waals surface area contributed by atoms with Crippen molar-refractivity contribution in [3.63, 3.8) is 0 Å². The van der Waals surface area contributed by atoms with Gasteiger partial charge in [0.25, 0.3) is 0 Å². The highest BCUT2D eigenvalue weighted by Gasteiger charge is 2.19. The molecule has 1 aliphatic heterocycles. The molecule has 1 saturated heterocycles. The quantitative estimate of drug-likeness (QED) is 0.628. The molecule has 0 saturated carbocycles. The third kappa shape index (κ3) is 7.02. The fraction of sp³-hybridized carbons (Fsp3) is 1.00. The molecule has 0 amide bonds. The van der Waals surface area contributed by atoms with Gasteiger partial charge in [-0.3, -0.25) is 0 Å². The lowest BCUT2D eigenvalue weighted by Crippen LogP contribution is -2.40. The normalized spacial score (nSPS) is 21.9. The van der Waals surface area contributed by atoms with Crippen molar-refractivity contribution in [1.82, 2.24) is 10.2 Å². The first-order chi connectivity index (χ1) is 8.36. The van der Waals surface area contributed by atoms with Crippen LogP contribution >= 0.6 is 0 Å². The van der Waals surface area contributed by atoms with Crippen LogP contribution in [0.15, 0.2) is 0 Å². The van der Waals surface area contributed by atoms with Crippen LogP contribution in [0.1, 0.15) is 45.4 Å². The van der Waals surface area contributed by atoms with E-state index in [-0.39, 0.29) is 0 Å². The summed E-state index contributed by atoms with van der Waals surface area (Å²) in [6, 6.07) is 0. The Morgan fingerprint density at radius 2 is 2.18 bits per heavy atom. The van der Waals surface area contributed by atoms with E-state index < -0.39 is 0 Å². The highest BCUT2D eigenvalue weighted by atomic mass is 16.5. The van der Waals surface area contributed by atoms with Crippen LogP contribution in [0.5, 0.6) is 0 Å². The van der Waals surface area contributed by atoms with Crippen LogP contribution in [0, 0.1) is 0 Å². The SMILES string of the molecule is CCCOC1CCCN(CCCCCNC)C1. The highest BCUT2D eigenvalue weighted by Crippen LogP contribution is 2.14. The number of nitrogens with one attached hydrogen (secondary N) is 1. The molecule has 1 heterocycles. The molecule has 3 nitrogen and oxygen atoms in total. The van der Waals surface area contributed by atoms with Crippen LogP contribution in [-0.4, -0.2) is 50.8 Å². The summed E-state index contributed by atoms with van der Waals surface area (Å²) >= 11 is 0. The summed E-state index contributed by atoms with van der Waals surface area (Å²) < 4.78 is 5.86. The van der Waals surface area contributed by atoms with E-state index in [1.165, 1.54) is 45.2 Å². The molecule has 0 aliphatic carbocycles. The van der Waals surface area contributed by atoms with E-state index >= 15 is 0 Å². The molecule has 3 heteroatoms. The zero-order chi connectivity index (χ0) is 12.3. The third-order valence-corrected chi connectivity index (χ3v) is 3.42. The van der Waals surface area contributed by atoms with Gasteiger partial charge in [-0.15, -0.1) is 0 Å². The van der Waals surface area contributed by atoms with Gasteiger partial charge in [0.05, 0.1) is 6.10 Å². The van der Waals surface area contributed by atoms with E-state index in [0.29, 0.717) is 6.10 Å². The smallest absolute Gasteiger partial charge is 0.0702 e. The van der Waals surface area contributed by atoms with Crippen LogP contribution in [0.2, 0.25) is 0 Å². The molecule has 17 heavy (non-hydrogen) atoms. The minimum Gasteiger partial charge on any atom is -0.377 e. The van der Waals surface area contributed by atoms with Crippen LogP contribution < -0.4 is 5.32 Å². The molecule has 1 aliphatic rings.